The van der Waals surface area contributed by atoms with Gasteiger partial charge in [0.15, 0.2) is 0 Å². The van der Waals surface area contributed by atoms with E-state index in [-0.39, 0.29) is 0 Å². The molecule has 0 radical (unpaired) electrons. The van der Waals surface area contributed by atoms with E-state index in [1.54, 1.807) is 0 Å². The van der Waals surface area contributed by atoms with Crippen LogP contribution in [0.5, 0.6) is 0 Å². The minimum absolute atomic E-state index is 1.04. The molecule has 1 heterocycles. The van der Waals surface area contributed by atoms with E-state index in [0.717, 1.165) is 16.9 Å². The maximum Gasteiger partial charge on any atom is 0.0652 e. The van der Waals surface area contributed by atoms with Crippen LogP contribution in [0.2, 0.25) is 0 Å². The smallest absolute Gasteiger partial charge is 0.0652 e. The van der Waals surface area contributed by atoms with Gasteiger partial charge in [-0.3, -0.25) is 0 Å². The quantitative estimate of drug-likeness (QED) is 0.231. The van der Waals surface area contributed by atoms with Crippen LogP contribution >= 0.6 is 0 Å². The van der Waals surface area contributed by atoms with E-state index in [1.807, 2.05) is 11.2 Å². The largest absolute Gasteiger partial charge is 0.344 e. The summed E-state index contributed by atoms with van der Waals surface area (Å²) in [6.45, 7) is 4.20. The molecule has 1 aromatic heterocycles. The molecule has 0 fully saturated rings. The number of benzene rings is 4. The first-order valence-corrected chi connectivity index (χ1v) is 10.5. The first-order valence-electron chi connectivity index (χ1n) is 10.5. The number of hydrogen-bond acceptors (Lipinski definition) is 2. The lowest BCUT2D eigenvalue weighted by Crippen LogP contribution is -2.09. The molecule has 5 rings (SSSR count). The Kier molecular flexibility index (Phi) is 4.79. The second-order valence-electron chi connectivity index (χ2n) is 8.08. The maximum atomic E-state index is 4.89. The average molecular weight is 404 g/mol. The first-order chi connectivity index (χ1) is 15.1. The van der Waals surface area contributed by atoms with Crippen LogP contribution < -0.4 is 5.01 Å². The molecule has 31 heavy (non-hydrogen) atoms. The molecule has 0 N–H and O–H groups in total. The summed E-state index contributed by atoms with van der Waals surface area (Å²) in [6, 6.07) is 32.0. The van der Waals surface area contributed by atoms with Gasteiger partial charge in [-0.15, -0.1) is 0 Å². The molecule has 0 aliphatic heterocycles. The summed E-state index contributed by atoms with van der Waals surface area (Å²) in [5, 5.41) is 9.40. The maximum absolute atomic E-state index is 4.89. The standard InChI is InChI=1S/C28H25N3/c1-20-8-13-23(14-9-20)31(24-15-10-21(2)11-16-24)29-19-22-12-17-28-26(18-22)25-6-4-5-7-27(25)30(28)3/h4-19H,1-3H3/b29-19+. The molecule has 5 aromatic rings. The van der Waals surface area contributed by atoms with Crippen LogP contribution in [0.4, 0.5) is 11.4 Å². The zero-order chi connectivity index (χ0) is 21.4. The molecular weight excluding hydrogens is 378 g/mol. The molecule has 0 unspecified atom stereocenters. The summed E-state index contributed by atoms with van der Waals surface area (Å²) < 4.78 is 2.25. The van der Waals surface area contributed by atoms with Gasteiger partial charge in [-0.2, -0.15) is 5.10 Å². The third-order valence-electron chi connectivity index (χ3n) is 5.82. The predicted octanol–water partition coefficient (Wildman–Crippen LogP) is 7.12. The Morgan fingerprint density at radius 1 is 0.677 bits per heavy atom. The van der Waals surface area contributed by atoms with Crippen molar-refractivity contribution in [3.05, 3.63) is 108 Å². The minimum atomic E-state index is 1.04. The monoisotopic (exact) mass is 403 g/mol. The highest BCUT2D eigenvalue weighted by Gasteiger charge is 2.10. The van der Waals surface area contributed by atoms with Gasteiger partial charge in [0.2, 0.25) is 0 Å². The Morgan fingerprint density at radius 2 is 1.26 bits per heavy atom. The third kappa shape index (κ3) is 3.59. The van der Waals surface area contributed by atoms with Gasteiger partial charge in [-0.25, -0.2) is 5.01 Å². The van der Waals surface area contributed by atoms with Crippen molar-refractivity contribution in [3.63, 3.8) is 0 Å². The SMILES string of the molecule is Cc1ccc(N(/N=C/c2ccc3c(c2)c2ccccc2n3C)c2ccc(C)cc2)cc1. The summed E-state index contributed by atoms with van der Waals surface area (Å²) in [7, 11) is 2.12. The van der Waals surface area contributed by atoms with E-state index in [9.17, 15) is 0 Å². The van der Waals surface area contributed by atoms with Crippen molar-refractivity contribution in [1.29, 1.82) is 0 Å². The fraction of sp³-hybridized carbons (Fsp3) is 0.107. The van der Waals surface area contributed by atoms with Crippen molar-refractivity contribution in [3.8, 4) is 0 Å². The van der Waals surface area contributed by atoms with Gasteiger partial charge in [0, 0.05) is 28.9 Å². The van der Waals surface area contributed by atoms with E-state index in [2.05, 4.69) is 116 Å². The summed E-state index contributed by atoms with van der Waals surface area (Å²) in [5.74, 6) is 0. The zero-order valence-electron chi connectivity index (χ0n) is 18.1. The highest BCUT2D eigenvalue weighted by Crippen LogP contribution is 2.29. The Hall–Kier alpha value is -3.85. The topological polar surface area (TPSA) is 20.5 Å². The van der Waals surface area contributed by atoms with Crippen molar-refractivity contribution < 1.29 is 0 Å². The average Bonchev–Trinajstić information content (AvgIpc) is 3.08. The molecule has 0 saturated heterocycles. The van der Waals surface area contributed by atoms with Gasteiger partial charge in [-0.1, -0.05) is 59.7 Å². The molecule has 0 bridgehead atoms. The Bertz CT molecular complexity index is 1350. The second-order valence-corrected chi connectivity index (χ2v) is 8.08. The molecular formula is C28H25N3. The van der Waals surface area contributed by atoms with E-state index in [1.165, 1.54) is 32.9 Å². The van der Waals surface area contributed by atoms with Crippen molar-refractivity contribution in [2.45, 2.75) is 13.8 Å². The Morgan fingerprint density at radius 3 is 1.90 bits per heavy atom. The van der Waals surface area contributed by atoms with E-state index >= 15 is 0 Å². The molecule has 0 atom stereocenters. The van der Waals surface area contributed by atoms with Crippen LogP contribution in [0.3, 0.4) is 0 Å². The van der Waals surface area contributed by atoms with Crippen LogP contribution in [0.15, 0.2) is 96.1 Å². The number of fused-ring (bicyclic) bond motifs is 3. The molecule has 0 aliphatic rings. The number of hydrazone groups is 1. The van der Waals surface area contributed by atoms with Gasteiger partial charge in [-0.05, 0) is 61.9 Å². The lowest BCUT2D eigenvalue weighted by molar-refractivity contribution is 1.01. The summed E-state index contributed by atoms with van der Waals surface area (Å²) in [4.78, 5) is 0. The summed E-state index contributed by atoms with van der Waals surface area (Å²) >= 11 is 0. The van der Waals surface area contributed by atoms with E-state index < -0.39 is 0 Å². The fourth-order valence-corrected chi connectivity index (χ4v) is 4.04. The number of rotatable bonds is 4. The van der Waals surface area contributed by atoms with Gasteiger partial charge >= 0.3 is 0 Å². The molecule has 0 saturated carbocycles. The van der Waals surface area contributed by atoms with Gasteiger partial charge in [0.05, 0.1) is 17.6 Å². The third-order valence-corrected chi connectivity index (χ3v) is 5.82. The van der Waals surface area contributed by atoms with Crippen LogP contribution in [0.25, 0.3) is 21.8 Å². The van der Waals surface area contributed by atoms with Crippen LogP contribution in [-0.2, 0) is 7.05 Å². The molecule has 0 amide bonds. The Balaban J connectivity index is 1.57. The molecule has 152 valence electrons. The van der Waals surface area contributed by atoms with Crippen LogP contribution in [0, 0.1) is 13.8 Å². The van der Waals surface area contributed by atoms with Crippen molar-refractivity contribution >= 4 is 39.4 Å². The minimum Gasteiger partial charge on any atom is -0.344 e. The van der Waals surface area contributed by atoms with Gasteiger partial charge < -0.3 is 4.57 Å². The summed E-state index contributed by atoms with van der Waals surface area (Å²) in [6.07, 6.45) is 1.95. The molecule has 4 aromatic carbocycles. The second kappa shape index (κ2) is 7.77. The number of anilines is 2. The predicted molar refractivity (Wildman–Crippen MR) is 133 cm³/mol. The van der Waals surface area contributed by atoms with Crippen molar-refractivity contribution in [2.24, 2.45) is 12.1 Å². The number of aromatic nitrogens is 1. The zero-order valence-corrected chi connectivity index (χ0v) is 18.1. The van der Waals surface area contributed by atoms with Gasteiger partial charge in [0.25, 0.3) is 0 Å². The Labute approximate surface area is 182 Å². The van der Waals surface area contributed by atoms with E-state index in [0.29, 0.717) is 0 Å². The number of hydrogen-bond donors (Lipinski definition) is 0. The first kappa shape index (κ1) is 19.1. The number of para-hydroxylation sites is 1. The summed E-state index contributed by atoms with van der Waals surface area (Å²) in [5.41, 5.74) is 8.10. The normalized spacial score (nSPS) is 11.6. The molecule has 3 nitrogen and oxygen atoms in total. The highest BCUT2D eigenvalue weighted by atomic mass is 15.5. The molecule has 0 aliphatic carbocycles. The number of aryl methyl sites for hydroxylation is 3. The lowest BCUT2D eigenvalue weighted by Gasteiger charge is -2.19. The van der Waals surface area contributed by atoms with Gasteiger partial charge in [0.1, 0.15) is 0 Å². The number of nitrogens with zero attached hydrogens (tertiary/aromatic N) is 3. The lowest BCUT2D eigenvalue weighted by atomic mass is 10.1. The highest BCUT2D eigenvalue weighted by molar-refractivity contribution is 6.09. The molecule has 3 heteroatoms. The van der Waals surface area contributed by atoms with Crippen molar-refractivity contribution in [1.82, 2.24) is 4.57 Å². The molecule has 0 spiro atoms. The van der Waals surface area contributed by atoms with Crippen molar-refractivity contribution in [2.75, 3.05) is 5.01 Å². The van der Waals surface area contributed by atoms with Crippen LogP contribution in [0.1, 0.15) is 16.7 Å². The van der Waals surface area contributed by atoms with E-state index in [4.69, 9.17) is 5.10 Å². The fourth-order valence-electron chi connectivity index (χ4n) is 4.04. The van der Waals surface area contributed by atoms with Crippen LogP contribution in [-0.4, -0.2) is 10.8 Å².